The number of hydrogen-bond donors (Lipinski definition) is 1. The zero-order chi connectivity index (χ0) is 14.5. The van der Waals surface area contributed by atoms with E-state index in [-0.39, 0.29) is 35.9 Å². The van der Waals surface area contributed by atoms with Crippen LogP contribution in [0.15, 0.2) is 24.3 Å². The van der Waals surface area contributed by atoms with Gasteiger partial charge in [-0.25, -0.2) is 0 Å². The number of rotatable bonds is 5. The summed E-state index contributed by atoms with van der Waals surface area (Å²) in [6.07, 6.45) is 0. The van der Waals surface area contributed by atoms with Crippen LogP contribution in [0.3, 0.4) is 0 Å². The number of methoxy groups -OCH3 is 1. The summed E-state index contributed by atoms with van der Waals surface area (Å²) in [7, 11) is 1.55. The molecule has 6 nitrogen and oxygen atoms in total. The van der Waals surface area contributed by atoms with Crippen molar-refractivity contribution in [3.63, 3.8) is 0 Å². The van der Waals surface area contributed by atoms with Gasteiger partial charge in [-0.05, 0) is 24.3 Å². The van der Waals surface area contributed by atoms with Crippen LogP contribution >= 0.6 is 11.8 Å². The molecule has 7 heteroatoms. The first-order valence-electron chi connectivity index (χ1n) is 6.01. The van der Waals surface area contributed by atoms with Crippen LogP contribution in [-0.2, 0) is 4.79 Å². The largest absolute Gasteiger partial charge is 0.497 e. The van der Waals surface area contributed by atoms with Gasteiger partial charge in [-0.2, -0.15) is 0 Å². The van der Waals surface area contributed by atoms with E-state index in [9.17, 15) is 14.4 Å². The van der Waals surface area contributed by atoms with Crippen LogP contribution in [0.25, 0.3) is 0 Å². The predicted octanol–water partition coefficient (Wildman–Crippen LogP) is 1.12. The van der Waals surface area contributed by atoms with Crippen molar-refractivity contribution >= 4 is 28.8 Å². The minimum absolute atomic E-state index is 0.186. The second-order valence-electron chi connectivity index (χ2n) is 4.08. The highest BCUT2D eigenvalue weighted by Crippen LogP contribution is 2.17. The third kappa shape index (κ3) is 3.30. The number of nitrogens with zero attached hydrogens (tertiary/aromatic N) is 1. The molecule has 106 valence electrons. The maximum Gasteiger partial charge on any atom is 0.288 e. The molecule has 0 aliphatic carbocycles. The van der Waals surface area contributed by atoms with Gasteiger partial charge in [-0.15, -0.1) is 0 Å². The molecule has 0 bridgehead atoms. The van der Waals surface area contributed by atoms with Crippen LogP contribution in [-0.4, -0.2) is 47.9 Å². The Kier molecular flexibility index (Phi) is 4.62. The van der Waals surface area contributed by atoms with Crippen LogP contribution < -0.4 is 10.1 Å². The second kappa shape index (κ2) is 6.42. The van der Waals surface area contributed by atoms with Crippen molar-refractivity contribution in [2.75, 3.05) is 26.0 Å². The van der Waals surface area contributed by atoms with Gasteiger partial charge in [0.25, 0.3) is 11.1 Å². The average Bonchev–Trinajstić information content (AvgIpc) is 2.79. The van der Waals surface area contributed by atoms with Crippen LogP contribution in [0.1, 0.15) is 10.4 Å². The quantitative estimate of drug-likeness (QED) is 0.880. The van der Waals surface area contributed by atoms with Crippen molar-refractivity contribution in [1.82, 2.24) is 10.2 Å². The minimum Gasteiger partial charge on any atom is -0.497 e. The van der Waals surface area contributed by atoms with Gasteiger partial charge in [-0.1, -0.05) is 11.8 Å². The van der Waals surface area contributed by atoms with Crippen molar-refractivity contribution in [3.8, 4) is 5.75 Å². The molecule has 0 aromatic heterocycles. The number of carbonyl (C=O) groups excluding carboxylic acids is 3. The topological polar surface area (TPSA) is 75.7 Å². The van der Waals surface area contributed by atoms with E-state index in [1.54, 1.807) is 31.4 Å². The molecule has 1 N–H and O–H groups in total. The molecule has 1 fully saturated rings. The lowest BCUT2D eigenvalue weighted by Crippen LogP contribution is -2.37. The zero-order valence-electron chi connectivity index (χ0n) is 10.9. The highest BCUT2D eigenvalue weighted by atomic mass is 32.2. The molecule has 1 aromatic rings. The monoisotopic (exact) mass is 294 g/mol. The van der Waals surface area contributed by atoms with Crippen molar-refractivity contribution in [3.05, 3.63) is 29.8 Å². The summed E-state index contributed by atoms with van der Waals surface area (Å²) in [6, 6.07) is 6.69. The van der Waals surface area contributed by atoms with Gasteiger partial charge in [0.15, 0.2) is 0 Å². The Morgan fingerprint density at radius 2 is 2.05 bits per heavy atom. The van der Waals surface area contributed by atoms with E-state index in [1.807, 2.05) is 0 Å². The molecule has 0 saturated carbocycles. The Balaban J connectivity index is 1.82. The molecule has 1 aliphatic rings. The molecule has 1 saturated heterocycles. The number of nitrogens with one attached hydrogen (secondary N) is 1. The van der Waals surface area contributed by atoms with Crippen LogP contribution in [0.4, 0.5) is 4.79 Å². The van der Waals surface area contributed by atoms with E-state index in [4.69, 9.17) is 4.74 Å². The van der Waals surface area contributed by atoms with Crippen LogP contribution in [0, 0.1) is 0 Å². The highest BCUT2D eigenvalue weighted by Gasteiger charge is 2.29. The van der Waals surface area contributed by atoms with E-state index in [0.29, 0.717) is 11.3 Å². The molecule has 0 spiro atoms. The van der Waals surface area contributed by atoms with Crippen LogP contribution in [0.2, 0.25) is 0 Å². The molecule has 0 unspecified atom stereocenters. The van der Waals surface area contributed by atoms with E-state index in [1.165, 1.54) is 0 Å². The summed E-state index contributed by atoms with van der Waals surface area (Å²) in [4.78, 5) is 35.7. The Morgan fingerprint density at radius 1 is 1.35 bits per heavy atom. The molecule has 0 radical (unpaired) electrons. The van der Waals surface area contributed by atoms with Crippen molar-refractivity contribution in [2.24, 2.45) is 0 Å². The van der Waals surface area contributed by atoms with Crippen molar-refractivity contribution < 1.29 is 19.1 Å². The van der Waals surface area contributed by atoms with Crippen LogP contribution in [0.5, 0.6) is 5.75 Å². The second-order valence-corrected chi connectivity index (χ2v) is 5.01. The molecule has 3 amide bonds. The average molecular weight is 294 g/mol. The summed E-state index contributed by atoms with van der Waals surface area (Å²) >= 11 is 0.984. The third-order valence-electron chi connectivity index (χ3n) is 2.81. The van der Waals surface area contributed by atoms with Gasteiger partial charge < -0.3 is 10.1 Å². The summed E-state index contributed by atoms with van der Waals surface area (Å²) in [5.41, 5.74) is 0.499. The van der Waals surface area contributed by atoms with Crippen molar-refractivity contribution in [2.45, 2.75) is 0 Å². The van der Waals surface area contributed by atoms with Gasteiger partial charge in [-0.3, -0.25) is 19.3 Å². The van der Waals surface area contributed by atoms with E-state index in [0.717, 1.165) is 16.7 Å². The fraction of sp³-hybridized carbons (Fsp3) is 0.308. The van der Waals surface area contributed by atoms with Gasteiger partial charge in [0.1, 0.15) is 5.75 Å². The number of benzene rings is 1. The first-order valence-corrected chi connectivity index (χ1v) is 7.00. The predicted molar refractivity (Wildman–Crippen MR) is 74.9 cm³/mol. The summed E-state index contributed by atoms with van der Waals surface area (Å²) in [5, 5.41) is 2.41. The Bertz CT molecular complexity index is 514. The van der Waals surface area contributed by atoms with Gasteiger partial charge in [0.2, 0.25) is 5.91 Å². The molecule has 2 rings (SSSR count). The van der Waals surface area contributed by atoms with E-state index in [2.05, 4.69) is 5.32 Å². The minimum atomic E-state index is -0.256. The highest BCUT2D eigenvalue weighted by molar-refractivity contribution is 8.14. The third-order valence-corrected chi connectivity index (χ3v) is 3.67. The van der Waals surface area contributed by atoms with Gasteiger partial charge in [0, 0.05) is 18.7 Å². The Hall–Kier alpha value is -2.02. The maximum atomic E-state index is 11.8. The van der Waals surface area contributed by atoms with Gasteiger partial charge in [0.05, 0.1) is 12.9 Å². The summed E-state index contributed by atoms with van der Waals surface area (Å²) in [6.45, 7) is 0.440. The normalized spacial score (nSPS) is 14.6. The SMILES string of the molecule is COc1ccc(C(=O)NCCN2C(=O)CSC2=O)cc1. The first-order chi connectivity index (χ1) is 9.61. The number of ether oxygens (including phenoxy) is 1. The first kappa shape index (κ1) is 14.4. The van der Waals surface area contributed by atoms with Crippen molar-refractivity contribution in [1.29, 1.82) is 0 Å². The Morgan fingerprint density at radius 3 is 2.60 bits per heavy atom. The molecule has 1 aliphatic heterocycles. The molecule has 0 atom stereocenters. The fourth-order valence-electron chi connectivity index (χ4n) is 1.72. The van der Waals surface area contributed by atoms with E-state index < -0.39 is 0 Å². The Labute approximate surface area is 120 Å². The molecule has 1 aromatic carbocycles. The van der Waals surface area contributed by atoms with E-state index >= 15 is 0 Å². The number of imide groups is 1. The standard InChI is InChI=1S/C13H14N2O4S/c1-19-10-4-2-9(3-5-10)12(17)14-6-7-15-11(16)8-20-13(15)18/h2-5H,6-8H2,1H3,(H,14,17). The molecular weight excluding hydrogens is 280 g/mol. The number of carbonyl (C=O) groups is 3. The molecule has 20 heavy (non-hydrogen) atoms. The van der Waals surface area contributed by atoms with Gasteiger partial charge >= 0.3 is 0 Å². The maximum absolute atomic E-state index is 11.8. The lowest BCUT2D eigenvalue weighted by atomic mass is 10.2. The summed E-state index contributed by atoms with van der Waals surface area (Å²) < 4.78 is 5.01. The zero-order valence-corrected chi connectivity index (χ0v) is 11.7. The molecule has 1 heterocycles. The number of thioether (sulfide) groups is 1. The summed E-state index contributed by atoms with van der Waals surface area (Å²) in [5.74, 6) is 0.399. The lowest BCUT2D eigenvalue weighted by Gasteiger charge is -2.13. The lowest BCUT2D eigenvalue weighted by molar-refractivity contribution is -0.124. The fourth-order valence-corrected chi connectivity index (χ4v) is 2.47. The number of amides is 3. The number of hydrogen-bond acceptors (Lipinski definition) is 5. The smallest absolute Gasteiger partial charge is 0.288 e. The molecular formula is C13H14N2O4S.